The standard InChI is InChI=1S/C13H15N7/c1-19-6-3-12(18-19)20-7-2-10(9-20)17-13-11(8-14)15-4-5-16-13/h3-6,10H,2,7,9H2,1H3,(H,16,17). The second-order valence-electron chi connectivity index (χ2n) is 4.79. The molecule has 1 N–H and O–H groups in total. The Morgan fingerprint density at radius 3 is 3.00 bits per heavy atom. The Kier molecular flexibility index (Phi) is 3.21. The molecule has 2 aromatic heterocycles. The third-order valence-electron chi connectivity index (χ3n) is 3.36. The van der Waals surface area contributed by atoms with Crippen molar-refractivity contribution in [2.45, 2.75) is 12.5 Å². The van der Waals surface area contributed by atoms with Crippen LogP contribution < -0.4 is 10.2 Å². The first kappa shape index (κ1) is 12.4. The Morgan fingerprint density at radius 2 is 2.25 bits per heavy atom. The van der Waals surface area contributed by atoms with Crippen LogP contribution in [0, 0.1) is 11.3 Å². The van der Waals surface area contributed by atoms with Gasteiger partial charge >= 0.3 is 0 Å². The summed E-state index contributed by atoms with van der Waals surface area (Å²) in [6.45, 7) is 1.79. The van der Waals surface area contributed by atoms with Gasteiger partial charge in [-0.05, 0) is 6.42 Å². The summed E-state index contributed by atoms with van der Waals surface area (Å²) in [4.78, 5) is 10.4. The van der Waals surface area contributed by atoms with Crippen molar-refractivity contribution in [2.24, 2.45) is 7.05 Å². The van der Waals surface area contributed by atoms with Gasteiger partial charge in [-0.3, -0.25) is 4.68 Å². The zero-order valence-electron chi connectivity index (χ0n) is 11.2. The first-order valence-corrected chi connectivity index (χ1v) is 6.48. The minimum atomic E-state index is 0.251. The molecule has 0 bridgehead atoms. The maximum Gasteiger partial charge on any atom is 0.182 e. The second-order valence-corrected chi connectivity index (χ2v) is 4.79. The molecule has 3 rings (SSSR count). The van der Waals surface area contributed by atoms with Crippen LogP contribution in [0.4, 0.5) is 11.6 Å². The van der Waals surface area contributed by atoms with Gasteiger partial charge in [0.05, 0.1) is 0 Å². The summed E-state index contributed by atoms with van der Waals surface area (Å²) < 4.78 is 1.80. The van der Waals surface area contributed by atoms with Crippen molar-refractivity contribution in [1.29, 1.82) is 5.26 Å². The average Bonchev–Trinajstić information content (AvgIpc) is 3.08. The number of anilines is 2. The van der Waals surface area contributed by atoms with Gasteiger partial charge in [0.2, 0.25) is 0 Å². The number of aryl methyl sites for hydroxylation is 1. The zero-order chi connectivity index (χ0) is 13.9. The van der Waals surface area contributed by atoms with Gasteiger partial charge in [0, 0.05) is 50.8 Å². The topological polar surface area (TPSA) is 82.7 Å². The van der Waals surface area contributed by atoms with Gasteiger partial charge in [0.1, 0.15) is 6.07 Å². The molecule has 0 aliphatic carbocycles. The molecule has 20 heavy (non-hydrogen) atoms. The van der Waals surface area contributed by atoms with E-state index in [-0.39, 0.29) is 6.04 Å². The number of nitrogens with zero attached hydrogens (tertiary/aromatic N) is 6. The van der Waals surface area contributed by atoms with Crippen molar-refractivity contribution in [1.82, 2.24) is 19.7 Å². The third-order valence-corrected chi connectivity index (χ3v) is 3.36. The molecule has 0 radical (unpaired) electrons. The molecular weight excluding hydrogens is 254 g/mol. The Hall–Kier alpha value is -2.62. The summed E-state index contributed by atoms with van der Waals surface area (Å²) in [5.41, 5.74) is 0.337. The molecule has 3 heterocycles. The lowest BCUT2D eigenvalue weighted by Crippen LogP contribution is -2.27. The lowest BCUT2D eigenvalue weighted by atomic mass is 10.2. The predicted molar refractivity (Wildman–Crippen MR) is 74.2 cm³/mol. The summed E-state index contributed by atoms with van der Waals surface area (Å²) in [7, 11) is 1.91. The van der Waals surface area contributed by atoms with Crippen LogP contribution in [-0.4, -0.2) is 38.9 Å². The first-order valence-electron chi connectivity index (χ1n) is 6.48. The minimum absolute atomic E-state index is 0.251. The van der Waals surface area contributed by atoms with E-state index in [9.17, 15) is 0 Å². The van der Waals surface area contributed by atoms with E-state index < -0.39 is 0 Å². The molecule has 0 saturated carbocycles. The Labute approximate surface area is 116 Å². The average molecular weight is 269 g/mol. The van der Waals surface area contributed by atoms with E-state index in [4.69, 9.17) is 5.26 Å². The molecule has 2 aromatic rings. The monoisotopic (exact) mass is 269 g/mol. The van der Waals surface area contributed by atoms with Gasteiger partial charge in [0.15, 0.2) is 17.3 Å². The van der Waals surface area contributed by atoms with Crippen LogP contribution in [0.1, 0.15) is 12.1 Å². The highest BCUT2D eigenvalue weighted by atomic mass is 15.3. The summed E-state index contributed by atoms with van der Waals surface area (Å²) in [5.74, 6) is 1.54. The molecular formula is C13H15N7. The summed E-state index contributed by atoms with van der Waals surface area (Å²) in [5, 5.41) is 16.7. The van der Waals surface area contributed by atoms with Crippen LogP contribution in [-0.2, 0) is 7.05 Å². The van der Waals surface area contributed by atoms with Crippen molar-refractivity contribution in [3.63, 3.8) is 0 Å². The fourth-order valence-electron chi connectivity index (χ4n) is 2.38. The van der Waals surface area contributed by atoms with Crippen molar-refractivity contribution < 1.29 is 0 Å². The van der Waals surface area contributed by atoms with E-state index in [0.717, 1.165) is 25.3 Å². The Bertz CT molecular complexity index is 642. The molecule has 7 nitrogen and oxygen atoms in total. The van der Waals surface area contributed by atoms with Gasteiger partial charge in [-0.25, -0.2) is 9.97 Å². The fraction of sp³-hybridized carbons (Fsp3) is 0.385. The number of rotatable bonds is 3. The Morgan fingerprint density at radius 1 is 1.40 bits per heavy atom. The van der Waals surface area contributed by atoms with Crippen LogP contribution in [0.25, 0.3) is 0 Å². The van der Waals surface area contributed by atoms with Gasteiger partial charge < -0.3 is 10.2 Å². The van der Waals surface area contributed by atoms with Crippen LogP contribution in [0.3, 0.4) is 0 Å². The molecule has 102 valence electrons. The molecule has 1 saturated heterocycles. The molecule has 1 aliphatic heterocycles. The van der Waals surface area contributed by atoms with Gasteiger partial charge in [-0.15, -0.1) is 0 Å². The highest BCUT2D eigenvalue weighted by Gasteiger charge is 2.24. The molecule has 1 fully saturated rings. The summed E-state index contributed by atoms with van der Waals surface area (Å²) in [6.07, 6.45) is 6.04. The van der Waals surface area contributed by atoms with Crippen LogP contribution in [0.15, 0.2) is 24.7 Å². The van der Waals surface area contributed by atoms with E-state index in [1.807, 2.05) is 19.3 Å². The number of hydrogen-bond acceptors (Lipinski definition) is 6. The molecule has 0 spiro atoms. The maximum absolute atomic E-state index is 9.01. The normalized spacial score (nSPS) is 18.0. The first-order chi connectivity index (χ1) is 9.76. The zero-order valence-corrected chi connectivity index (χ0v) is 11.2. The summed E-state index contributed by atoms with van der Waals surface area (Å²) >= 11 is 0. The molecule has 1 atom stereocenters. The largest absolute Gasteiger partial charge is 0.363 e. The van der Waals surface area contributed by atoms with Gasteiger partial charge in [-0.1, -0.05) is 0 Å². The lowest BCUT2D eigenvalue weighted by Gasteiger charge is -2.16. The van der Waals surface area contributed by atoms with Crippen molar-refractivity contribution in [3.8, 4) is 6.07 Å². The van der Waals surface area contributed by atoms with E-state index in [1.165, 1.54) is 6.20 Å². The number of hydrogen-bond donors (Lipinski definition) is 1. The Balaban J connectivity index is 1.67. The van der Waals surface area contributed by atoms with E-state index in [2.05, 4.69) is 31.4 Å². The van der Waals surface area contributed by atoms with Crippen LogP contribution in [0.2, 0.25) is 0 Å². The molecule has 0 amide bonds. The number of aromatic nitrogens is 4. The van der Waals surface area contributed by atoms with Crippen molar-refractivity contribution in [2.75, 3.05) is 23.3 Å². The van der Waals surface area contributed by atoms with Crippen molar-refractivity contribution >= 4 is 11.6 Å². The lowest BCUT2D eigenvalue weighted by molar-refractivity contribution is 0.752. The van der Waals surface area contributed by atoms with E-state index in [1.54, 1.807) is 10.9 Å². The molecule has 1 aliphatic rings. The fourth-order valence-corrected chi connectivity index (χ4v) is 2.38. The third kappa shape index (κ3) is 2.40. The van der Waals surface area contributed by atoms with Crippen LogP contribution in [0.5, 0.6) is 0 Å². The maximum atomic E-state index is 9.01. The molecule has 0 aromatic carbocycles. The van der Waals surface area contributed by atoms with Crippen molar-refractivity contribution in [3.05, 3.63) is 30.4 Å². The summed E-state index contributed by atoms with van der Waals surface area (Å²) in [6, 6.07) is 4.31. The SMILES string of the molecule is Cn1ccc(N2CCC(Nc3nccnc3C#N)C2)n1. The van der Waals surface area contributed by atoms with Gasteiger partial charge in [0.25, 0.3) is 0 Å². The highest BCUT2D eigenvalue weighted by molar-refractivity contribution is 5.49. The van der Waals surface area contributed by atoms with E-state index >= 15 is 0 Å². The number of nitriles is 1. The smallest absolute Gasteiger partial charge is 0.182 e. The predicted octanol–water partition coefficient (Wildman–Crippen LogP) is 0.773. The van der Waals surface area contributed by atoms with E-state index in [0.29, 0.717) is 11.5 Å². The second kappa shape index (κ2) is 5.17. The number of nitrogens with one attached hydrogen (secondary N) is 1. The quantitative estimate of drug-likeness (QED) is 0.886. The molecule has 7 heteroatoms. The minimum Gasteiger partial charge on any atom is -0.363 e. The highest BCUT2D eigenvalue weighted by Crippen LogP contribution is 2.20. The van der Waals surface area contributed by atoms with Crippen LogP contribution >= 0.6 is 0 Å². The molecule has 1 unspecified atom stereocenters. The van der Waals surface area contributed by atoms with Gasteiger partial charge in [-0.2, -0.15) is 10.4 Å².